The Kier molecular flexibility index (Phi) is 2.58. The molecule has 0 unspecified atom stereocenters. The zero-order valence-electron chi connectivity index (χ0n) is 12.8. The summed E-state index contributed by atoms with van der Waals surface area (Å²) in [6.45, 7) is 1.90. The van der Waals surface area contributed by atoms with Crippen molar-refractivity contribution in [3.63, 3.8) is 0 Å². The van der Waals surface area contributed by atoms with E-state index in [9.17, 15) is 0 Å². The summed E-state index contributed by atoms with van der Waals surface area (Å²) in [6.07, 6.45) is 3.81. The van der Waals surface area contributed by atoms with Crippen LogP contribution in [0.15, 0.2) is 53.3 Å². The van der Waals surface area contributed by atoms with Crippen molar-refractivity contribution >= 4 is 16.6 Å². The molecule has 5 aromatic rings. The van der Waals surface area contributed by atoms with E-state index in [4.69, 9.17) is 4.52 Å². The smallest absolute Gasteiger partial charge is 0.258 e. The van der Waals surface area contributed by atoms with Crippen molar-refractivity contribution in [2.45, 2.75) is 6.92 Å². The summed E-state index contributed by atoms with van der Waals surface area (Å²) in [5.41, 5.74) is 3.58. The lowest BCUT2D eigenvalue weighted by atomic mass is 10.1. The summed E-state index contributed by atoms with van der Waals surface area (Å²) in [4.78, 5) is 7.74. The van der Waals surface area contributed by atoms with E-state index < -0.39 is 0 Å². The average Bonchev–Trinajstić information content (AvgIpc) is 3.34. The zero-order chi connectivity index (χ0) is 16.1. The van der Waals surface area contributed by atoms with Gasteiger partial charge in [0.15, 0.2) is 5.65 Å². The molecule has 0 amide bonds. The predicted molar refractivity (Wildman–Crippen MR) is 88.3 cm³/mol. The first-order valence-electron chi connectivity index (χ1n) is 7.51. The highest BCUT2D eigenvalue weighted by Gasteiger charge is 2.14. The van der Waals surface area contributed by atoms with Crippen LogP contribution in [0.4, 0.5) is 0 Å². The summed E-state index contributed by atoms with van der Waals surface area (Å²) in [5, 5.41) is 13.3. The van der Waals surface area contributed by atoms with Crippen LogP contribution in [0.5, 0.6) is 0 Å². The lowest BCUT2D eigenvalue weighted by molar-refractivity contribution is 0.432. The minimum atomic E-state index is 0.496. The van der Waals surface area contributed by atoms with Crippen LogP contribution in [0.2, 0.25) is 0 Å². The molecular formula is C17H12N6O. The molecule has 0 aliphatic rings. The van der Waals surface area contributed by atoms with Crippen molar-refractivity contribution in [2.75, 3.05) is 0 Å². The monoisotopic (exact) mass is 316 g/mol. The third-order valence-corrected chi connectivity index (χ3v) is 4.08. The molecule has 4 heterocycles. The molecule has 0 atom stereocenters. The van der Waals surface area contributed by atoms with E-state index >= 15 is 0 Å². The summed E-state index contributed by atoms with van der Waals surface area (Å²) < 4.78 is 7.39. The molecule has 24 heavy (non-hydrogen) atoms. The van der Waals surface area contributed by atoms with E-state index in [0.717, 1.165) is 33.5 Å². The molecular weight excluding hydrogens is 304 g/mol. The number of fused-ring (bicyclic) bond motifs is 2. The first kappa shape index (κ1) is 13.0. The Balaban J connectivity index is 1.63. The molecule has 0 fully saturated rings. The Morgan fingerprint density at radius 1 is 1.08 bits per heavy atom. The van der Waals surface area contributed by atoms with Crippen molar-refractivity contribution in [3.05, 3.63) is 54.6 Å². The van der Waals surface area contributed by atoms with Crippen LogP contribution in [-0.4, -0.2) is 29.7 Å². The van der Waals surface area contributed by atoms with E-state index in [1.165, 1.54) is 0 Å². The van der Waals surface area contributed by atoms with Gasteiger partial charge in [0.2, 0.25) is 5.82 Å². The Labute approximate surface area is 136 Å². The topological polar surface area (TPSA) is 84.9 Å². The fraction of sp³-hybridized carbons (Fsp3) is 0.0588. The molecule has 0 spiro atoms. The second kappa shape index (κ2) is 4.76. The number of nitrogens with one attached hydrogen (secondary N) is 1. The number of hydrogen-bond acceptors (Lipinski definition) is 5. The number of H-pyrrole nitrogens is 1. The molecule has 116 valence electrons. The van der Waals surface area contributed by atoms with Gasteiger partial charge in [-0.25, -0.2) is 0 Å². The number of benzene rings is 1. The summed E-state index contributed by atoms with van der Waals surface area (Å²) in [7, 11) is 0. The maximum atomic E-state index is 5.49. The first-order chi connectivity index (χ1) is 11.8. The second-order valence-electron chi connectivity index (χ2n) is 5.56. The molecule has 4 aromatic heterocycles. The molecule has 5 rings (SSSR count). The Morgan fingerprint density at radius 2 is 2.04 bits per heavy atom. The van der Waals surface area contributed by atoms with Crippen molar-refractivity contribution in [1.29, 1.82) is 0 Å². The Hall–Kier alpha value is -3.48. The Morgan fingerprint density at radius 3 is 3.00 bits per heavy atom. The average molecular weight is 316 g/mol. The van der Waals surface area contributed by atoms with E-state index in [1.807, 2.05) is 60.1 Å². The number of aromatic amines is 1. The van der Waals surface area contributed by atoms with Gasteiger partial charge < -0.3 is 9.51 Å². The van der Waals surface area contributed by atoms with Gasteiger partial charge in [-0.1, -0.05) is 11.2 Å². The predicted octanol–water partition coefficient (Wildman–Crippen LogP) is 3.24. The standard InChI is InChI=1S/C17H12N6O/c1-10-20-21-15-6-5-11(9-23(10)15)16-19-17(24-22-16)13-3-2-4-14-12(13)7-8-18-14/h2-9,18H,1H3. The highest BCUT2D eigenvalue weighted by molar-refractivity contribution is 5.93. The van der Waals surface area contributed by atoms with Gasteiger partial charge >= 0.3 is 0 Å². The maximum Gasteiger partial charge on any atom is 0.258 e. The van der Waals surface area contributed by atoms with E-state index in [2.05, 4.69) is 25.3 Å². The number of nitrogens with zero attached hydrogens (tertiary/aromatic N) is 5. The lowest BCUT2D eigenvalue weighted by Gasteiger charge is -1.98. The molecule has 1 N–H and O–H groups in total. The van der Waals surface area contributed by atoms with Crippen LogP contribution in [0.25, 0.3) is 39.4 Å². The molecule has 7 nitrogen and oxygen atoms in total. The van der Waals surface area contributed by atoms with Gasteiger partial charge in [0.25, 0.3) is 5.89 Å². The zero-order valence-corrected chi connectivity index (χ0v) is 12.8. The number of aryl methyl sites for hydroxylation is 1. The molecule has 0 aliphatic heterocycles. The molecule has 0 aliphatic carbocycles. The fourth-order valence-corrected chi connectivity index (χ4v) is 2.86. The van der Waals surface area contributed by atoms with Gasteiger partial charge in [0, 0.05) is 34.4 Å². The van der Waals surface area contributed by atoms with Gasteiger partial charge in [0.05, 0.1) is 0 Å². The van der Waals surface area contributed by atoms with Gasteiger partial charge in [-0.2, -0.15) is 4.98 Å². The number of hydrogen-bond donors (Lipinski definition) is 1. The van der Waals surface area contributed by atoms with E-state index in [0.29, 0.717) is 11.7 Å². The Bertz CT molecular complexity index is 1180. The van der Waals surface area contributed by atoms with Crippen molar-refractivity contribution in [3.8, 4) is 22.8 Å². The third kappa shape index (κ3) is 1.84. The lowest BCUT2D eigenvalue weighted by Crippen LogP contribution is -1.90. The largest absolute Gasteiger partial charge is 0.361 e. The minimum Gasteiger partial charge on any atom is -0.361 e. The highest BCUT2D eigenvalue weighted by atomic mass is 16.5. The van der Waals surface area contributed by atoms with Crippen molar-refractivity contribution in [1.82, 2.24) is 29.7 Å². The van der Waals surface area contributed by atoms with E-state index in [1.54, 1.807) is 0 Å². The van der Waals surface area contributed by atoms with Crippen LogP contribution in [0.3, 0.4) is 0 Å². The third-order valence-electron chi connectivity index (χ3n) is 4.08. The first-order valence-corrected chi connectivity index (χ1v) is 7.51. The van der Waals surface area contributed by atoms with Crippen LogP contribution in [-0.2, 0) is 0 Å². The SMILES string of the molecule is Cc1nnc2ccc(-c3noc(-c4cccc5[nH]ccc45)n3)cn12. The van der Waals surface area contributed by atoms with Gasteiger partial charge in [0.1, 0.15) is 5.82 Å². The summed E-state index contributed by atoms with van der Waals surface area (Å²) in [6, 6.07) is 11.7. The molecule has 0 saturated heterocycles. The quantitative estimate of drug-likeness (QED) is 0.540. The summed E-state index contributed by atoms with van der Waals surface area (Å²) >= 11 is 0. The van der Waals surface area contributed by atoms with Gasteiger partial charge in [-0.3, -0.25) is 4.40 Å². The van der Waals surface area contributed by atoms with Gasteiger partial charge in [-0.15, -0.1) is 10.2 Å². The molecule has 0 bridgehead atoms. The van der Waals surface area contributed by atoms with Crippen molar-refractivity contribution in [2.24, 2.45) is 0 Å². The molecule has 7 heteroatoms. The van der Waals surface area contributed by atoms with Crippen LogP contribution >= 0.6 is 0 Å². The maximum absolute atomic E-state index is 5.49. The molecule has 0 radical (unpaired) electrons. The fourth-order valence-electron chi connectivity index (χ4n) is 2.86. The van der Waals surface area contributed by atoms with Crippen LogP contribution in [0.1, 0.15) is 5.82 Å². The van der Waals surface area contributed by atoms with Crippen molar-refractivity contribution < 1.29 is 4.52 Å². The number of pyridine rings is 1. The molecule has 1 aromatic carbocycles. The number of aromatic nitrogens is 6. The van der Waals surface area contributed by atoms with Gasteiger partial charge in [-0.05, 0) is 37.3 Å². The normalized spacial score (nSPS) is 11.5. The van der Waals surface area contributed by atoms with E-state index in [-0.39, 0.29) is 0 Å². The summed E-state index contributed by atoms with van der Waals surface area (Å²) in [5.74, 6) is 1.84. The highest BCUT2D eigenvalue weighted by Crippen LogP contribution is 2.28. The minimum absolute atomic E-state index is 0.496. The molecule has 0 saturated carbocycles. The second-order valence-corrected chi connectivity index (χ2v) is 5.56. The number of rotatable bonds is 2. The van der Waals surface area contributed by atoms with Crippen LogP contribution < -0.4 is 0 Å². The van der Waals surface area contributed by atoms with Crippen LogP contribution in [0, 0.1) is 6.92 Å².